The van der Waals surface area contributed by atoms with Crippen molar-refractivity contribution in [2.75, 3.05) is 25.7 Å². The van der Waals surface area contributed by atoms with Crippen LogP contribution in [0, 0.1) is 0 Å². The first-order valence-corrected chi connectivity index (χ1v) is 5.22. The summed E-state index contributed by atoms with van der Waals surface area (Å²) in [5, 5.41) is 0. The Kier molecular flexibility index (Phi) is 3.10. The van der Waals surface area contributed by atoms with Gasteiger partial charge in [-0.15, -0.1) is 0 Å². The van der Waals surface area contributed by atoms with Crippen LogP contribution < -0.4 is 4.90 Å². The maximum atomic E-state index is 11.7. The minimum absolute atomic E-state index is 0.0369. The van der Waals surface area contributed by atoms with E-state index in [2.05, 4.69) is 0 Å². The first-order chi connectivity index (χ1) is 7.77. The van der Waals surface area contributed by atoms with E-state index in [0.717, 1.165) is 17.7 Å². The molecule has 86 valence electrons. The highest BCUT2D eigenvalue weighted by Crippen LogP contribution is 2.32. The number of fused-ring (bicyclic) bond motifs is 1. The summed E-state index contributed by atoms with van der Waals surface area (Å²) in [7, 11) is 3.03. The van der Waals surface area contributed by atoms with Crippen LogP contribution in [-0.2, 0) is 15.9 Å². The molecule has 0 bridgehead atoms. The number of hydrogen-bond donors (Lipinski definition) is 0. The van der Waals surface area contributed by atoms with Gasteiger partial charge in [0.2, 0.25) is 0 Å². The van der Waals surface area contributed by atoms with Crippen molar-refractivity contribution in [2.24, 2.45) is 0 Å². The first-order valence-electron chi connectivity index (χ1n) is 5.22. The van der Waals surface area contributed by atoms with Crippen molar-refractivity contribution in [3.63, 3.8) is 0 Å². The molecule has 0 saturated heterocycles. The summed E-state index contributed by atoms with van der Waals surface area (Å²) in [6.45, 7) is 0.518. The van der Waals surface area contributed by atoms with Crippen LogP contribution in [0.1, 0.15) is 5.56 Å². The van der Waals surface area contributed by atoms with Gasteiger partial charge in [-0.25, -0.2) is 4.79 Å². The molecule has 0 spiro atoms. The quantitative estimate of drug-likeness (QED) is 0.764. The highest BCUT2D eigenvalue weighted by molar-refractivity contribution is 5.91. The molecule has 0 N–H and O–H groups in total. The third kappa shape index (κ3) is 1.76. The zero-order valence-electron chi connectivity index (χ0n) is 9.47. The van der Waals surface area contributed by atoms with E-state index < -0.39 is 0 Å². The fourth-order valence-corrected chi connectivity index (χ4v) is 2.13. The predicted molar refractivity (Wildman–Crippen MR) is 60.7 cm³/mol. The number of ether oxygens (including phenoxy) is 2. The van der Waals surface area contributed by atoms with Gasteiger partial charge >= 0.3 is 6.09 Å². The summed E-state index contributed by atoms with van der Waals surface area (Å²) in [6, 6.07) is 7.89. The molecule has 0 aliphatic carbocycles. The van der Waals surface area contributed by atoms with Crippen molar-refractivity contribution in [1.29, 1.82) is 0 Å². The number of methoxy groups -OCH3 is 2. The molecule has 4 nitrogen and oxygen atoms in total. The van der Waals surface area contributed by atoms with Crippen molar-refractivity contribution in [3.05, 3.63) is 29.8 Å². The average Bonchev–Trinajstić information content (AvgIpc) is 2.66. The molecule has 1 aliphatic rings. The lowest BCUT2D eigenvalue weighted by Crippen LogP contribution is -2.40. The molecule has 0 unspecified atom stereocenters. The lowest BCUT2D eigenvalue weighted by molar-refractivity contribution is 0.156. The summed E-state index contributed by atoms with van der Waals surface area (Å²) < 4.78 is 9.93. The van der Waals surface area contributed by atoms with Crippen LogP contribution in [0.3, 0.4) is 0 Å². The van der Waals surface area contributed by atoms with Gasteiger partial charge in [0.1, 0.15) is 0 Å². The van der Waals surface area contributed by atoms with Gasteiger partial charge in [0.25, 0.3) is 0 Å². The minimum atomic E-state index is -0.327. The van der Waals surface area contributed by atoms with Gasteiger partial charge in [-0.05, 0) is 18.1 Å². The Morgan fingerprint density at radius 1 is 1.44 bits per heavy atom. The molecular weight excluding hydrogens is 206 g/mol. The smallest absolute Gasteiger partial charge is 0.414 e. The summed E-state index contributed by atoms with van der Waals surface area (Å²) in [5.74, 6) is 0. The number of carbonyl (C=O) groups excluding carboxylic acids is 1. The Bertz CT molecular complexity index is 392. The number of nitrogens with zero attached hydrogens (tertiary/aromatic N) is 1. The van der Waals surface area contributed by atoms with Crippen molar-refractivity contribution < 1.29 is 14.3 Å². The first kappa shape index (κ1) is 11.0. The van der Waals surface area contributed by atoms with Gasteiger partial charge in [0.15, 0.2) is 0 Å². The summed E-state index contributed by atoms with van der Waals surface area (Å²) in [5.41, 5.74) is 2.09. The predicted octanol–water partition coefficient (Wildman–Crippen LogP) is 1.83. The molecule has 2 rings (SSSR count). The van der Waals surface area contributed by atoms with E-state index in [-0.39, 0.29) is 12.1 Å². The zero-order valence-corrected chi connectivity index (χ0v) is 9.47. The van der Waals surface area contributed by atoms with E-state index in [1.54, 1.807) is 12.0 Å². The number of benzene rings is 1. The number of hydrogen-bond acceptors (Lipinski definition) is 3. The molecular formula is C12H15NO3. The van der Waals surface area contributed by atoms with Crippen LogP contribution in [0.15, 0.2) is 24.3 Å². The number of anilines is 1. The molecule has 1 heterocycles. The maximum absolute atomic E-state index is 11.7. The van der Waals surface area contributed by atoms with Gasteiger partial charge in [-0.1, -0.05) is 18.2 Å². The van der Waals surface area contributed by atoms with Crippen molar-refractivity contribution >= 4 is 11.8 Å². The average molecular weight is 221 g/mol. The molecule has 0 radical (unpaired) electrons. The molecule has 4 heteroatoms. The maximum Gasteiger partial charge on any atom is 0.414 e. The highest BCUT2D eigenvalue weighted by Gasteiger charge is 2.34. The van der Waals surface area contributed by atoms with E-state index in [0.29, 0.717) is 6.61 Å². The van der Waals surface area contributed by atoms with Gasteiger partial charge < -0.3 is 9.47 Å². The second-order valence-electron chi connectivity index (χ2n) is 3.78. The molecule has 1 aromatic rings. The minimum Gasteiger partial charge on any atom is -0.452 e. The van der Waals surface area contributed by atoms with E-state index in [1.807, 2.05) is 24.3 Å². The van der Waals surface area contributed by atoms with Gasteiger partial charge in [0.05, 0.1) is 25.4 Å². The Balaban J connectivity index is 2.32. The van der Waals surface area contributed by atoms with Crippen molar-refractivity contribution in [1.82, 2.24) is 0 Å². The van der Waals surface area contributed by atoms with Gasteiger partial charge in [0, 0.05) is 7.11 Å². The van der Waals surface area contributed by atoms with E-state index in [1.165, 1.54) is 7.11 Å². The third-order valence-electron chi connectivity index (χ3n) is 2.80. The lowest BCUT2D eigenvalue weighted by atomic mass is 10.1. The van der Waals surface area contributed by atoms with Gasteiger partial charge in [-0.2, -0.15) is 0 Å². The zero-order chi connectivity index (χ0) is 11.5. The molecule has 16 heavy (non-hydrogen) atoms. The fraction of sp³-hybridized carbons (Fsp3) is 0.417. The number of amides is 1. The van der Waals surface area contributed by atoms with Crippen LogP contribution in [0.5, 0.6) is 0 Å². The lowest BCUT2D eigenvalue weighted by Gasteiger charge is -2.23. The van der Waals surface area contributed by atoms with Crippen molar-refractivity contribution in [3.8, 4) is 0 Å². The molecule has 1 aromatic carbocycles. The molecule has 1 amide bonds. The fourth-order valence-electron chi connectivity index (χ4n) is 2.13. The summed E-state index contributed by atoms with van der Waals surface area (Å²) >= 11 is 0. The van der Waals surface area contributed by atoms with Gasteiger partial charge in [-0.3, -0.25) is 4.90 Å². The highest BCUT2D eigenvalue weighted by atomic mass is 16.5. The topological polar surface area (TPSA) is 38.8 Å². The van der Waals surface area contributed by atoms with E-state index in [9.17, 15) is 4.79 Å². The monoisotopic (exact) mass is 221 g/mol. The normalized spacial score (nSPS) is 18.4. The number of para-hydroxylation sites is 1. The standard InChI is InChI=1S/C12H15NO3/c1-15-8-10-7-9-5-3-4-6-11(9)13(10)12(14)16-2/h3-6,10H,7-8H2,1-2H3/t10-/m0/s1. The Labute approximate surface area is 94.8 Å². The Morgan fingerprint density at radius 3 is 2.88 bits per heavy atom. The Morgan fingerprint density at radius 2 is 2.19 bits per heavy atom. The van der Waals surface area contributed by atoms with Crippen LogP contribution in [-0.4, -0.2) is 33.0 Å². The van der Waals surface area contributed by atoms with Crippen LogP contribution >= 0.6 is 0 Å². The molecule has 1 aliphatic heterocycles. The van der Waals surface area contributed by atoms with Crippen molar-refractivity contribution in [2.45, 2.75) is 12.5 Å². The molecule has 0 saturated carbocycles. The van der Waals surface area contributed by atoms with E-state index >= 15 is 0 Å². The molecule has 1 atom stereocenters. The second kappa shape index (κ2) is 4.53. The number of carbonyl (C=O) groups is 1. The Hall–Kier alpha value is -1.55. The SMILES string of the molecule is COC[C@@H]1Cc2ccccc2N1C(=O)OC. The second-order valence-corrected chi connectivity index (χ2v) is 3.78. The van der Waals surface area contributed by atoms with Crippen LogP contribution in [0.25, 0.3) is 0 Å². The van der Waals surface area contributed by atoms with Crippen LogP contribution in [0.4, 0.5) is 10.5 Å². The third-order valence-corrected chi connectivity index (χ3v) is 2.80. The summed E-state index contributed by atoms with van der Waals surface area (Å²) in [4.78, 5) is 13.4. The largest absolute Gasteiger partial charge is 0.452 e. The molecule has 0 aromatic heterocycles. The van der Waals surface area contributed by atoms with Crippen LogP contribution in [0.2, 0.25) is 0 Å². The summed E-state index contributed by atoms with van der Waals surface area (Å²) in [6.07, 6.45) is 0.492. The van der Waals surface area contributed by atoms with E-state index in [4.69, 9.17) is 9.47 Å². The number of rotatable bonds is 2. The molecule has 0 fully saturated rings.